The summed E-state index contributed by atoms with van der Waals surface area (Å²) in [6.07, 6.45) is 8.79. The Morgan fingerprint density at radius 2 is 2.00 bits per heavy atom. The van der Waals surface area contributed by atoms with Crippen LogP contribution in [0.5, 0.6) is 0 Å². The van der Waals surface area contributed by atoms with E-state index in [1.165, 1.54) is 32.1 Å². The van der Waals surface area contributed by atoms with Crippen LogP contribution in [0.15, 0.2) is 5.16 Å². The molecular formula is C8H13NO. The van der Waals surface area contributed by atoms with E-state index in [1.807, 2.05) is 6.21 Å². The predicted molar refractivity (Wildman–Crippen MR) is 39.9 cm³/mol. The van der Waals surface area contributed by atoms with E-state index in [4.69, 9.17) is 4.84 Å². The Morgan fingerprint density at radius 1 is 1.20 bits per heavy atom. The van der Waals surface area contributed by atoms with Crippen LogP contribution in [0.2, 0.25) is 0 Å². The van der Waals surface area contributed by atoms with Crippen molar-refractivity contribution in [3.63, 3.8) is 0 Å². The van der Waals surface area contributed by atoms with Crippen LogP contribution in [0.25, 0.3) is 0 Å². The molecule has 2 saturated carbocycles. The summed E-state index contributed by atoms with van der Waals surface area (Å²) in [6.45, 7) is 0. The third-order valence-electron chi connectivity index (χ3n) is 2.16. The molecule has 2 aliphatic carbocycles. The lowest BCUT2D eigenvalue weighted by Crippen LogP contribution is -2.18. The van der Waals surface area contributed by atoms with E-state index in [2.05, 4.69) is 5.16 Å². The van der Waals surface area contributed by atoms with E-state index < -0.39 is 0 Å². The smallest absolute Gasteiger partial charge is 0.127 e. The Kier molecular flexibility index (Phi) is 1.61. The molecule has 0 radical (unpaired) electrons. The van der Waals surface area contributed by atoms with E-state index in [9.17, 15) is 0 Å². The van der Waals surface area contributed by atoms with Crippen LogP contribution in [-0.4, -0.2) is 12.3 Å². The van der Waals surface area contributed by atoms with Gasteiger partial charge < -0.3 is 4.84 Å². The quantitative estimate of drug-likeness (QED) is 0.432. The number of rotatable bonds is 3. The monoisotopic (exact) mass is 139 g/mol. The van der Waals surface area contributed by atoms with Gasteiger partial charge in [-0.05, 0) is 38.0 Å². The summed E-state index contributed by atoms with van der Waals surface area (Å²) in [5.74, 6) is 0.750. The summed E-state index contributed by atoms with van der Waals surface area (Å²) in [7, 11) is 0. The minimum absolute atomic E-state index is 0.454. The van der Waals surface area contributed by atoms with Crippen LogP contribution >= 0.6 is 0 Å². The van der Waals surface area contributed by atoms with Gasteiger partial charge in [0.05, 0.1) is 0 Å². The van der Waals surface area contributed by atoms with Crippen LogP contribution in [0.3, 0.4) is 0 Å². The van der Waals surface area contributed by atoms with Crippen molar-refractivity contribution < 1.29 is 4.84 Å². The van der Waals surface area contributed by atoms with Crippen molar-refractivity contribution in [2.45, 2.75) is 38.2 Å². The van der Waals surface area contributed by atoms with Crippen molar-refractivity contribution in [3.05, 3.63) is 0 Å². The van der Waals surface area contributed by atoms with Gasteiger partial charge in [0.15, 0.2) is 0 Å². The lowest BCUT2D eigenvalue weighted by Gasteiger charge is -2.22. The number of hydrogen-bond donors (Lipinski definition) is 0. The Bertz CT molecular complexity index is 136. The van der Waals surface area contributed by atoms with Crippen LogP contribution < -0.4 is 0 Å². The average Bonchev–Trinajstić information content (AvgIpc) is 2.58. The zero-order valence-corrected chi connectivity index (χ0v) is 6.12. The molecule has 0 N–H and O–H groups in total. The van der Waals surface area contributed by atoms with Gasteiger partial charge in [-0.1, -0.05) is 5.16 Å². The standard InChI is InChI=1S/C8H13NO/c1-2-8(3-1)10-9-6-7-4-5-7/h6-8H,1-5H2/b9-6+. The van der Waals surface area contributed by atoms with E-state index in [1.54, 1.807) is 0 Å². The molecule has 0 aliphatic heterocycles. The second-order valence-electron chi connectivity index (χ2n) is 3.25. The lowest BCUT2D eigenvalue weighted by atomic mass is 9.97. The molecule has 10 heavy (non-hydrogen) atoms. The molecule has 0 spiro atoms. The molecule has 0 saturated heterocycles. The van der Waals surface area contributed by atoms with Gasteiger partial charge in [-0.25, -0.2) is 0 Å². The fourth-order valence-electron chi connectivity index (χ4n) is 0.929. The summed E-state index contributed by atoms with van der Waals surface area (Å²) >= 11 is 0. The topological polar surface area (TPSA) is 21.6 Å². The minimum Gasteiger partial charge on any atom is -0.393 e. The SMILES string of the molecule is C(=N\OC1CCC1)/C1CC1. The minimum atomic E-state index is 0.454. The molecule has 2 fully saturated rings. The molecule has 56 valence electrons. The van der Waals surface area contributed by atoms with Gasteiger partial charge in [-0.3, -0.25) is 0 Å². The summed E-state index contributed by atoms with van der Waals surface area (Å²) in [6, 6.07) is 0. The van der Waals surface area contributed by atoms with Crippen molar-refractivity contribution in [2.24, 2.45) is 11.1 Å². The van der Waals surface area contributed by atoms with Gasteiger partial charge in [-0.2, -0.15) is 0 Å². The largest absolute Gasteiger partial charge is 0.393 e. The third-order valence-corrected chi connectivity index (χ3v) is 2.16. The third kappa shape index (κ3) is 1.49. The van der Waals surface area contributed by atoms with Crippen LogP contribution in [0.4, 0.5) is 0 Å². The summed E-state index contributed by atoms with van der Waals surface area (Å²) < 4.78 is 0. The van der Waals surface area contributed by atoms with E-state index in [-0.39, 0.29) is 0 Å². The molecule has 2 nitrogen and oxygen atoms in total. The molecule has 0 atom stereocenters. The molecule has 0 bridgehead atoms. The molecular weight excluding hydrogens is 126 g/mol. The molecule has 0 aromatic heterocycles. The normalized spacial score (nSPS) is 26.8. The van der Waals surface area contributed by atoms with Crippen molar-refractivity contribution in [1.29, 1.82) is 0 Å². The highest BCUT2D eigenvalue weighted by molar-refractivity contribution is 5.62. The molecule has 0 aromatic carbocycles. The van der Waals surface area contributed by atoms with Crippen molar-refractivity contribution in [1.82, 2.24) is 0 Å². The molecule has 2 rings (SSSR count). The highest BCUT2D eigenvalue weighted by Gasteiger charge is 2.21. The Hall–Kier alpha value is -0.530. The molecule has 0 unspecified atom stereocenters. The highest BCUT2D eigenvalue weighted by Crippen LogP contribution is 2.27. The van der Waals surface area contributed by atoms with Gasteiger partial charge in [0.1, 0.15) is 6.10 Å². The summed E-state index contributed by atoms with van der Waals surface area (Å²) in [5, 5.41) is 3.93. The maximum absolute atomic E-state index is 5.20. The van der Waals surface area contributed by atoms with Crippen LogP contribution in [0, 0.1) is 5.92 Å². The highest BCUT2D eigenvalue weighted by atomic mass is 16.6. The molecule has 2 aliphatic rings. The van der Waals surface area contributed by atoms with Crippen molar-refractivity contribution in [3.8, 4) is 0 Å². The fraction of sp³-hybridized carbons (Fsp3) is 0.875. The number of hydrogen-bond acceptors (Lipinski definition) is 2. The van der Waals surface area contributed by atoms with Gasteiger partial charge in [0.25, 0.3) is 0 Å². The van der Waals surface area contributed by atoms with Crippen LogP contribution in [0.1, 0.15) is 32.1 Å². The zero-order valence-electron chi connectivity index (χ0n) is 6.12. The Morgan fingerprint density at radius 3 is 2.50 bits per heavy atom. The zero-order chi connectivity index (χ0) is 6.81. The Labute approximate surface area is 61.2 Å². The molecule has 0 amide bonds. The summed E-state index contributed by atoms with van der Waals surface area (Å²) in [4.78, 5) is 5.20. The maximum atomic E-state index is 5.20. The molecule has 0 heterocycles. The van der Waals surface area contributed by atoms with Gasteiger partial charge in [-0.15, -0.1) is 0 Å². The lowest BCUT2D eigenvalue weighted by molar-refractivity contribution is 0.00652. The maximum Gasteiger partial charge on any atom is 0.127 e. The predicted octanol–water partition coefficient (Wildman–Crippen LogP) is 1.95. The Balaban J connectivity index is 1.60. The van der Waals surface area contributed by atoms with Crippen molar-refractivity contribution >= 4 is 6.21 Å². The van der Waals surface area contributed by atoms with Gasteiger partial charge in [0.2, 0.25) is 0 Å². The average molecular weight is 139 g/mol. The molecule has 2 heteroatoms. The van der Waals surface area contributed by atoms with Crippen LogP contribution in [-0.2, 0) is 4.84 Å². The van der Waals surface area contributed by atoms with E-state index in [0.717, 1.165) is 5.92 Å². The van der Waals surface area contributed by atoms with Gasteiger partial charge in [0, 0.05) is 6.21 Å². The second kappa shape index (κ2) is 2.60. The summed E-state index contributed by atoms with van der Waals surface area (Å²) in [5.41, 5.74) is 0. The molecule has 0 aromatic rings. The number of oxime groups is 1. The first-order valence-electron chi connectivity index (χ1n) is 4.14. The first kappa shape index (κ1) is 6.20. The first-order valence-corrected chi connectivity index (χ1v) is 4.14. The van der Waals surface area contributed by atoms with E-state index >= 15 is 0 Å². The van der Waals surface area contributed by atoms with E-state index in [0.29, 0.717) is 6.10 Å². The van der Waals surface area contributed by atoms with Gasteiger partial charge >= 0.3 is 0 Å². The number of nitrogens with zero attached hydrogens (tertiary/aromatic N) is 1. The fourth-order valence-corrected chi connectivity index (χ4v) is 0.929. The first-order chi connectivity index (χ1) is 4.95. The second-order valence-corrected chi connectivity index (χ2v) is 3.25. The van der Waals surface area contributed by atoms with Crippen molar-refractivity contribution in [2.75, 3.05) is 0 Å².